The first-order chi connectivity index (χ1) is 12.4. The van der Waals surface area contributed by atoms with E-state index in [2.05, 4.69) is 16.6 Å². The average Bonchev–Trinajstić information content (AvgIpc) is 2.98. The molecule has 1 aliphatic carbocycles. The number of aromatic nitrogens is 1. The molecule has 0 radical (unpaired) electrons. The van der Waals surface area contributed by atoms with E-state index < -0.39 is 5.60 Å². The Bertz CT molecular complexity index is 783. The molecule has 0 spiro atoms. The van der Waals surface area contributed by atoms with Crippen LogP contribution in [0.5, 0.6) is 0 Å². The minimum absolute atomic E-state index is 0.118. The summed E-state index contributed by atoms with van der Waals surface area (Å²) in [5.74, 6) is 0.385. The van der Waals surface area contributed by atoms with Crippen LogP contribution in [-0.2, 0) is 11.2 Å². The molecular weight excluding hydrogens is 328 g/mol. The van der Waals surface area contributed by atoms with Crippen LogP contribution < -0.4 is 5.32 Å². The van der Waals surface area contributed by atoms with Gasteiger partial charge in [0.05, 0.1) is 23.3 Å². The van der Waals surface area contributed by atoms with Gasteiger partial charge in [-0.15, -0.1) is 0 Å². The normalized spacial score (nSPS) is 23.3. The Kier molecular flexibility index (Phi) is 5.68. The second kappa shape index (κ2) is 7.80. The number of aryl methyl sites for hydroxylation is 1. The molecule has 2 aromatic rings. The van der Waals surface area contributed by atoms with Crippen molar-refractivity contribution in [2.45, 2.75) is 51.6 Å². The van der Waals surface area contributed by atoms with Crippen molar-refractivity contribution in [3.8, 4) is 0 Å². The number of nitrogens with zero attached hydrogens (tertiary/aromatic N) is 1. The van der Waals surface area contributed by atoms with Gasteiger partial charge in [0, 0.05) is 32.0 Å². The van der Waals surface area contributed by atoms with Crippen LogP contribution in [0, 0.1) is 12.8 Å². The Labute approximate surface area is 155 Å². The largest absolute Gasteiger partial charge is 0.388 e. The van der Waals surface area contributed by atoms with E-state index in [9.17, 15) is 9.90 Å². The van der Waals surface area contributed by atoms with Crippen molar-refractivity contribution in [3.63, 3.8) is 0 Å². The maximum Gasteiger partial charge on any atom is 0.253 e. The standard InChI is InChI=1S/C21H30N2O3/c1-15-6-4-9-21(25,13-15)14-22-20(24)18-12-17(8-11-26-3)23-10-5-7-16(2)19(18)23/h5,7,10,12,15,25H,4,6,8-9,11,13-14H2,1-3H3,(H,22,24)/t15-,21+/m1/s1. The molecule has 142 valence electrons. The molecule has 2 N–H and O–H groups in total. The zero-order valence-electron chi connectivity index (χ0n) is 16.0. The van der Waals surface area contributed by atoms with Crippen LogP contribution in [0.4, 0.5) is 0 Å². The number of nitrogens with one attached hydrogen (secondary N) is 1. The van der Waals surface area contributed by atoms with Crippen LogP contribution in [0.3, 0.4) is 0 Å². The van der Waals surface area contributed by atoms with Gasteiger partial charge >= 0.3 is 0 Å². The third-order valence-electron chi connectivity index (χ3n) is 5.52. The summed E-state index contributed by atoms with van der Waals surface area (Å²) in [6, 6.07) is 5.96. The molecule has 0 aliphatic heterocycles. The van der Waals surface area contributed by atoms with Gasteiger partial charge in [0.25, 0.3) is 5.91 Å². The van der Waals surface area contributed by atoms with Gasteiger partial charge in [0.2, 0.25) is 0 Å². The van der Waals surface area contributed by atoms with E-state index in [0.29, 0.717) is 24.6 Å². The smallest absolute Gasteiger partial charge is 0.253 e. The number of hydrogen-bond acceptors (Lipinski definition) is 3. The molecule has 3 rings (SSSR count). The van der Waals surface area contributed by atoms with Gasteiger partial charge in [0.15, 0.2) is 0 Å². The molecule has 2 aromatic heterocycles. The van der Waals surface area contributed by atoms with Crippen molar-refractivity contribution >= 4 is 11.4 Å². The van der Waals surface area contributed by atoms with Gasteiger partial charge < -0.3 is 19.6 Å². The number of rotatable bonds is 6. The molecule has 0 unspecified atom stereocenters. The molecule has 0 bridgehead atoms. The summed E-state index contributed by atoms with van der Waals surface area (Å²) in [5, 5.41) is 13.8. The maximum atomic E-state index is 12.9. The third-order valence-corrected chi connectivity index (χ3v) is 5.52. The lowest BCUT2D eigenvalue weighted by Crippen LogP contribution is -2.45. The third kappa shape index (κ3) is 3.94. The Hall–Kier alpha value is -1.85. The lowest BCUT2D eigenvalue weighted by atomic mass is 9.79. The topological polar surface area (TPSA) is 63.0 Å². The number of ether oxygens (including phenoxy) is 1. The van der Waals surface area contributed by atoms with E-state index in [1.54, 1.807) is 7.11 Å². The van der Waals surface area contributed by atoms with Crippen molar-refractivity contribution in [1.82, 2.24) is 9.72 Å². The monoisotopic (exact) mass is 358 g/mol. The molecule has 1 amide bonds. The summed E-state index contributed by atoms with van der Waals surface area (Å²) >= 11 is 0. The molecule has 2 heterocycles. The van der Waals surface area contributed by atoms with Gasteiger partial charge in [-0.2, -0.15) is 0 Å². The molecule has 0 saturated heterocycles. The van der Waals surface area contributed by atoms with E-state index in [-0.39, 0.29) is 5.91 Å². The van der Waals surface area contributed by atoms with Gasteiger partial charge in [-0.25, -0.2) is 0 Å². The molecule has 26 heavy (non-hydrogen) atoms. The van der Waals surface area contributed by atoms with E-state index in [0.717, 1.165) is 48.9 Å². The lowest BCUT2D eigenvalue weighted by molar-refractivity contribution is -0.0109. The summed E-state index contributed by atoms with van der Waals surface area (Å²) < 4.78 is 7.27. The van der Waals surface area contributed by atoms with Crippen LogP contribution in [0.2, 0.25) is 0 Å². The highest BCUT2D eigenvalue weighted by Gasteiger charge is 2.33. The van der Waals surface area contributed by atoms with Gasteiger partial charge in [-0.1, -0.05) is 25.8 Å². The fourth-order valence-electron chi connectivity index (χ4n) is 4.21. The molecule has 1 saturated carbocycles. The van der Waals surface area contributed by atoms with E-state index in [4.69, 9.17) is 4.74 Å². The van der Waals surface area contributed by atoms with Crippen molar-refractivity contribution in [3.05, 3.63) is 41.2 Å². The highest BCUT2D eigenvalue weighted by atomic mass is 16.5. The number of carbonyl (C=O) groups is 1. The van der Waals surface area contributed by atoms with Crippen LogP contribution in [-0.4, -0.2) is 41.3 Å². The zero-order valence-corrected chi connectivity index (χ0v) is 16.0. The number of aliphatic hydroxyl groups is 1. The number of carbonyl (C=O) groups excluding carboxylic acids is 1. The summed E-state index contributed by atoms with van der Waals surface area (Å²) in [5.41, 5.74) is 2.94. The first-order valence-corrected chi connectivity index (χ1v) is 9.52. The summed E-state index contributed by atoms with van der Waals surface area (Å²) in [6.45, 7) is 5.10. The summed E-state index contributed by atoms with van der Waals surface area (Å²) in [7, 11) is 1.68. The maximum absolute atomic E-state index is 12.9. The quantitative estimate of drug-likeness (QED) is 0.834. The van der Waals surface area contributed by atoms with Crippen molar-refractivity contribution in [2.75, 3.05) is 20.3 Å². The van der Waals surface area contributed by atoms with Crippen molar-refractivity contribution in [1.29, 1.82) is 0 Å². The first kappa shape index (κ1) is 18.9. The van der Waals surface area contributed by atoms with Gasteiger partial charge in [0.1, 0.15) is 0 Å². The second-order valence-electron chi connectivity index (χ2n) is 7.81. The van der Waals surface area contributed by atoms with Gasteiger partial charge in [-0.3, -0.25) is 4.79 Å². The number of pyridine rings is 1. The van der Waals surface area contributed by atoms with Crippen molar-refractivity contribution in [2.24, 2.45) is 5.92 Å². The Morgan fingerprint density at radius 3 is 3.04 bits per heavy atom. The Balaban J connectivity index is 1.81. The molecule has 2 atom stereocenters. The second-order valence-corrected chi connectivity index (χ2v) is 7.81. The van der Waals surface area contributed by atoms with Crippen LogP contribution in [0.1, 0.15) is 54.2 Å². The summed E-state index contributed by atoms with van der Waals surface area (Å²) in [6.07, 6.45) is 6.41. The molecule has 5 heteroatoms. The predicted octanol–water partition coefficient (Wildman–Crippen LogP) is 3.11. The Morgan fingerprint density at radius 1 is 1.50 bits per heavy atom. The number of methoxy groups -OCH3 is 1. The predicted molar refractivity (Wildman–Crippen MR) is 103 cm³/mol. The number of amides is 1. The van der Waals surface area contributed by atoms with Crippen LogP contribution in [0.25, 0.3) is 5.52 Å². The minimum Gasteiger partial charge on any atom is -0.388 e. The fourth-order valence-corrected chi connectivity index (χ4v) is 4.21. The molecule has 5 nitrogen and oxygen atoms in total. The zero-order chi connectivity index (χ0) is 18.7. The molecular formula is C21H30N2O3. The lowest BCUT2D eigenvalue weighted by Gasteiger charge is -2.35. The minimum atomic E-state index is -0.781. The van der Waals surface area contributed by atoms with E-state index in [1.165, 1.54) is 0 Å². The Morgan fingerprint density at radius 2 is 2.31 bits per heavy atom. The van der Waals surface area contributed by atoms with Crippen LogP contribution >= 0.6 is 0 Å². The van der Waals surface area contributed by atoms with Gasteiger partial charge in [-0.05, 0) is 43.4 Å². The summed E-state index contributed by atoms with van der Waals surface area (Å²) in [4.78, 5) is 12.9. The van der Waals surface area contributed by atoms with E-state index >= 15 is 0 Å². The highest BCUT2D eigenvalue weighted by molar-refractivity contribution is 6.02. The highest BCUT2D eigenvalue weighted by Crippen LogP contribution is 2.31. The van der Waals surface area contributed by atoms with Crippen LogP contribution in [0.15, 0.2) is 24.4 Å². The number of hydrogen-bond donors (Lipinski definition) is 2. The van der Waals surface area contributed by atoms with E-state index in [1.807, 2.05) is 31.3 Å². The molecule has 1 fully saturated rings. The molecule has 0 aromatic carbocycles. The molecule has 1 aliphatic rings. The number of fused-ring (bicyclic) bond motifs is 1. The van der Waals surface area contributed by atoms with Crippen molar-refractivity contribution < 1.29 is 14.6 Å². The fraction of sp³-hybridized carbons (Fsp3) is 0.571. The first-order valence-electron chi connectivity index (χ1n) is 9.52. The SMILES string of the molecule is COCCc1cc(C(=O)NC[C@]2(O)CCC[C@@H](C)C2)c2c(C)cccn12. The average molecular weight is 358 g/mol.